The molecular formula is C46H62O2S4. The normalized spacial score (nSPS) is 11.4. The maximum Gasteiger partial charge on any atom is 0.123 e. The van der Waals surface area contributed by atoms with Crippen LogP contribution in [0, 0.1) is 0 Å². The van der Waals surface area contributed by atoms with Crippen molar-refractivity contribution >= 4 is 45.3 Å². The molecule has 0 spiro atoms. The van der Waals surface area contributed by atoms with Crippen LogP contribution in [0.2, 0.25) is 0 Å². The first-order valence-electron chi connectivity index (χ1n) is 20.5. The highest BCUT2D eigenvalue weighted by Crippen LogP contribution is 2.44. The summed E-state index contributed by atoms with van der Waals surface area (Å²) in [5, 5.41) is 2.15. The lowest BCUT2D eigenvalue weighted by molar-refractivity contribution is 0.290. The second-order valence-electron chi connectivity index (χ2n) is 14.2. The molecule has 52 heavy (non-hydrogen) atoms. The van der Waals surface area contributed by atoms with Crippen LogP contribution in [0.1, 0.15) is 142 Å². The van der Waals surface area contributed by atoms with E-state index in [1.54, 1.807) is 0 Å². The molecule has 4 heterocycles. The minimum atomic E-state index is 0.766. The van der Waals surface area contributed by atoms with Crippen molar-refractivity contribution in [3.8, 4) is 51.2 Å². The molecule has 0 N–H and O–H groups in total. The summed E-state index contributed by atoms with van der Waals surface area (Å²) in [6.45, 7) is 6.11. The zero-order valence-corrected chi connectivity index (χ0v) is 35.2. The van der Waals surface area contributed by atoms with Crippen LogP contribution < -0.4 is 9.47 Å². The van der Waals surface area contributed by atoms with Crippen LogP contribution in [-0.2, 0) is 0 Å². The third-order valence-electron chi connectivity index (χ3n) is 9.77. The van der Waals surface area contributed by atoms with Gasteiger partial charge in [-0.05, 0) is 78.4 Å². The standard InChI is InChI=1S/C46H62O2S4/c1-3-5-7-9-11-13-15-17-19-21-31-47-38-34-37(35-39(36-38)48-32-22-20-18-16-14-12-10-8-6-4-2)40-25-26-43(50-40)44-29-30-46(52-44)45-28-27-42(51-45)41-24-23-33-49-41/h23-30,33-36H,3-22,31-32H2,1-2H3. The molecule has 1 aromatic carbocycles. The topological polar surface area (TPSA) is 18.5 Å². The van der Waals surface area contributed by atoms with E-state index in [0.717, 1.165) is 37.6 Å². The van der Waals surface area contributed by atoms with Crippen LogP contribution in [0.3, 0.4) is 0 Å². The minimum Gasteiger partial charge on any atom is -0.493 e. The summed E-state index contributed by atoms with van der Waals surface area (Å²) in [7, 11) is 0. The number of rotatable bonds is 28. The lowest BCUT2D eigenvalue weighted by atomic mass is 10.1. The van der Waals surface area contributed by atoms with E-state index in [1.807, 2.05) is 45.3 Å². The second-order valence-corrected chi connectivity index (χ2v) is 18.4. The summed E-state index contributed by atoms with van der Waals surface area (Å²) in [5.41, 5.74) is 1.19. The molecule has 0 radical (unpaired) electrons. The fraction of sp³-hybridized carbons (Fsp3) is 0.522. The minimum absolute atomic E-state index is 0.766. The van der Waals surface area contributed by atoms with Crippen molar-refractivity contribution in [3.63, 3.8) is 0 Å². The zero-order chi connectivity index (χ0) is 36.1. The van der Waals surface area contributed by atoms with E-state index in [9.17, 15) is 0 Å². The van der Waals surface area contributed by atoms with Crippen LogP contribution in [-0.4, -0.2) is 13.2 Å². The van der Waals surface area contributed by atoms with E-state index in [1.165, 1.54) is 155 Å². The van der Waals surface area contributed by atoms with Crippen molar-refractivity contribution in [2.75, 3.05) is 13.2 Å². The highest BCUT2D eigenvalue weighted by atomic mass is 32.1. The van der Waals surface area contributed by atoms with Gasteiger partial charge in [0.25, 0.3) is 0 Å². The molecule has 0 saturated heterocycles. The Labute approximate surface area is 331 Å². The molecule has 0 bridgehead atoms. The van der Waals surface area contributed by atoms with Gasteiger partial charge in [0.1, 0.15) is 11.5 Å². The Balaban J connectivity index is 1.14. The first-order valence-corrected chi connectivity index (χ1v) is 23.8. The third-order valence-corrected chi connectivity index (χ3v) is 14.5. The molecule has 0 atom stereocenters. The summed E-state index contributed by atoms with van der Waals surface area (Å²) >= 11 is 7.45. The van der Waals surface area contributed by atoms with Gasteiger partial charge in [0.05, 0.1) is 13.2 Å². The van der Waals surface area contributed by atoms with Crippen molar-refractivity contribution in [1.29, 1.82) is 0 Å². The van der Waals surface area contributed by atoms with E-state index in [2.05, 4.69) is 86.0 Å². The van der Waals surface area contributed by atoms with Gasteiger partial charge in [-0.2, -0.15) is 0 Å². The quantitative estimate of drug-likeness (QED) is 0.0471. The van der Waals surface area contributed by atoms with Crippen molar-refractivity contribution in [3.05, 3.63) is 72.1 Å². The average Bonchev–Trinajstić information content (AvgIpc) is 4.00. The lowest BCUT2D eigenvalue weighted by Crippen LogP contribution is -2.00. The summed E-state index contributed by atoms with van der Waals surface area (Å²) in [6.07, 6.45) is 26.7. The fourth-order valence-corrected chi connectivity index (χ4v) is 10.7. The molecule has 0 fully saturated rings. The van der Waals surface area contributed by atoms with Crippen molar-refractivity contribution < 1.29 is 9.47 Å². The number of hydrogen-bond acceptors (Lipinski definition) is 6. The lowest BCUT2D eigenvalue weighted by Gasteiger charge is -2.12. The van der Waals surface area contributed by atoms with Crippen molar-refractivity contribution in [1.82, 2.24) is 0 Å². The summed E-state index contributed by atoms with van der Waals surface area (Å²) in [5.74, 6) is 1.86. The van der Waals surface area contributed by atoms with Crippen LogP contribution in [0.15, 0.2) is 72.1 Å². The van der Waals surface area contributed by atoms with Crippen LogP contribution >= 0.6 is 45.3 Å². The third kappa shape index (κ3) is 14.1. The molecule has 0 amide bonds. The second kappa shape index (κ2) is 24.1. The van der Waals surface area contributed by atoms with Crippen molar-refractivity contribution in [2.45, 2.75) is 142 Å². The monoisotopic (exact) mass is 774 g/mol. The Kier molecular flexibility index (Phi) is 18.9. The van der Waals surface area contributed by atoms with Gasteiger partial charge in [0, 0.05) is 40.2 Å². The van der Waals surface area contributed by atoms with Gasteiger partial charge >= 0.3 is 0 Å². The van der Waals surface area contributed by atoms with E-state index in [0.29, 0.717) is 0 Å². The van der Waals surface area contributed by atoms with Gasteiger partial charge < -0.3 is 9.47 Å². The average molecular weight is 775 g/mol. The largest absolute Gasteiger partial charge is 0.493 e. The summed E-state index contributed by atoms with van der Waals surface area (Å²) in [6, 6.07) is 24.5. The first kappa shape index (κ1) is 40.8. The number of benzene rings is 1. The maximum atomic E-state index is 6.39. The molecule has 0 aliphatic heterocycles. The molecule has 0 aliphatic rings. The smallest absolute Gasteiger partial charge is 0.123 e. The van der Waals surface area contributed by atoms with Crippen LogP contribution in [0.4, 0.5) is 0 Å². The summed E-state index contributed by atoms with van der Waals surface area (Å²) < 4.78 is 12.8. The van der Waals surface area contributed by atoms with Gasteiger partial charge in [-0.1, -0.05) is 135 Å². The van der Waals surface area contributed by atoms with Gasteiger partial charge in [-0.15, -0.1) is 45.3 Å². The Morgan fingerprint density at radius 2 is 0.750 bits per heavy atom. The molecule has 0 saturated carbocycles. The number of ether oxygens (including phenoxy) is 2. The zero-order valence-electron chi connectivity index (χ0n) is 31.9. The van der Waals surface area contributed by atoms with E-state index < -0.39 is 0 Å². The Morgan fingerprint density at radius 3 is 1.15 bits per heavy atom. The highest BCUT2D eigenvalue weighted by molar-refractivity contribution is 7.28. The van der Waals surface area contributed by atoms with Crippen molar-refractivity contribution in [2.24, 2.45) is 0 Å². The number of thiophene rings is 4. The predicted molar refractivity (Wildman–Crippen MR) is 234 cm³/mol. The molecule has 5 aromatic rings. The predicted octanol–water partition coefficient (Wildman–Crippen LogP) is 17.2. The van der Waals surface area contributed by atoms with E-state index >= 15 is 0 Å². The fourth-order valence-electron chi connectivity index (χ4n) is 6.69. The van der Waals surface area contributed by atoms with E-state index in [4.69, 9.17) is 9.47 Å². The molecule has 6 heteroatoms. The Morgan fingerprint density at radius 1 is 0.385 bits per heavy atom. The SMILES string of the molecule is CCCCCCCCCCCCOc1cc(OCCCCCCCCCCCC)cc(-c2ccc(-c3ccc(-c4ccc(-c5cccs5)s4)s3)s2)c1. The van der Waals surface area contributed by atoms with E-state index in [-0.39, 0.29) is 0 Å². The van der Waals surface area contributed by atoms with Gasteiger partial charge in [-0.3, -0.25) is 0 Å². The number of hydrogen-bond donors (Lipinski definition) is 0. The molecule has 2 nitrogen and oxygen atoms in total. The first-order chi connectivity index (χ1) is 25.7. The van der Waals surface area contributed by atoms with Crippen LogP contribution in [0.5, 0.6) is 11.5 Å². The van der Waals surface area contributed by atoms with Gasteiger partial charge in [-0.25, -0.2) is 0 Å². The molecule has 282 valence electrons. The maximum absolute atomic E-state index is 6.39. The van der Waals surface area contributed by atoms with Gasteiger partial charge in [0.15, 0.2) is 0 Å². The molecule has 0 aliphatic carbocycles. The molecular weight excluding hydrogens is 713 g/mol. The van der Waals surface area contributed by atoms with Gasteiger partial charge in [0.2, 0.25) is 0 Å². The number of unbranched alkanes of at least 4 members (excludes halogenated alkanes) is 18. The Hall–Kier alpha value is -2.38. The molecule has 4 aromatic heterocycles. The Bertz CT molecular complexity index is 1600. The molecule has 0 unspecified atom stereocenters. The highest BCUT2D eigenvalue weighted by Gasteiger charge is 2.13. The van der Waals surface area contributed by atoms with Crippen LogP contribution in [0.25, 0.3) is 39.7 Å². The molecule has 5 rings (SSSR count). The summed E-state index contributed by atoms with van der Waals surface area (Å²) in [4.78, 5) is 9.26.